The minimum atomic E-state index is -0.153. The summed E-state index contributed by atoms with van der Waals surface area (Å²) in [6, 6.07) is 21.1. The van der Waals surface area contributed by atoms with Crippen LogP contribution in [0.15, 0.2) is 95.8 Å². The second-order valence-corrected chi connectivity index (χ2v) is 8.79. The molecular weight excluding hydrogens is 492 g/mol. The van der Waals surface area contributed by atoms with Crippen LogP contribution in [0.3, 0.4) is 0 Å². The van der Waals surface area contributed by atoms with Gasteiger partial charge in [-0.05, 0) is 67.1 Å². The molecule has 168 valence electrons. The van der Waals surface area contributed by atoms with Gasteiger partial charge in [0.05, 0.1) is 11.3 Å². The lowest BCUT2D eigenvalue weighted by molar-refractivity contribution is 0.101. The van der Waals surface area contributed by atoms with Gasteiger partial charge in [0.25, 0.3) is 0 Å². The van der Waals surface area contributed by atoms with Crippen LogP contribution in [0.5, 0.6) is 11.5 Å². The summed E-state index contributed by atoms with van der Waals surface area (Å²) in [6.45, 7) is 6.15. The first-order valence-electron chi connectivity index (χ1n) is 10.8. The molecule has 2 heterocycles. The van der Waals surface area contributed by atoms with Gasteiger partial charge in [-0.2, -0.15) is 5.10 Å². The van der Waals surface area contributed by atoms with Crippen molar-refractivity contribution in [1.82, 2.24) is 9.78 Å². The van der Waals surface area contributed by atoms with E-state index >= 15 is 0 Å². The zero-order valence-corrected chi connectivity index (χ0v) is 20.1. The zero-order chi connectivity index (χ0) is 23.7. The highest BCUT2D eigenvalue weighted by atomic mass is 79.9. The Morgan fingerprint density at radius 3 is 2.68 bits per heavy atom. The third kappa shape index (κ3) is 4.20. The Kier molecular flexibility index (Phi) is 5.90. The predicted molar refractivity (Wildman–Crippen MR) is 137 cm³/mol. The van der Waals surface area contributed by atoms with Crippen LogP contribution < -0.4 is 9.47 Å². The predicted octanol–water partition coefficient (Wildman–Crippen LogP) is 6.79. The Balaban J connectivity index is 1.60. The number of aryl methyl sites for hydroxylation is 1. The van der Waals surface area contributed by atoms with Gasteiger partial charge in [-0.3, -0.25) is 4.79 Å². The number of para-hydroxylation sites is 1. The van der Waals surface area contributed by atoms with E-state index in [0.717, 1.165) is 38.3 Å². The molecule has 0 aliphatic carbocycles. The van der Waals surface area contributed by atoms with E-state index in [9.17, 15) is 4.79 Å². The molecule has 0 unspecified atom stereocenters. The summed E-state index contributed by atoms with van der Waals surface area (Å²) in [7, 11) is 0. The number of rotatable bonds is 6. The molecule has 0 saturated carbocycles. The second-order valence-electron chi connectivity index (χ2n) is 7.87. The maximum Gasteiger partial charge on any atom is 0.232 e. The van der Waals surface area contributed by atoms with Gasteiger partial charge in [0.1, 0.15) is 23.8 Å². The van der Waals surface area contributed by atoms with Crippen molar-refractivity contribution in [3.63, 3.8) is 0 Å². The Hall–Kier alpha value is -3.90. The number of ketones is 1. The van der Waals surface area contributed by atoms with E-state index in [4.69, 9.17) is 14.6 Å². The number of ether oxygens (including phenoxy) is 2. The van der Waals surface area contributed by atoms with E-state index in [-0.39, 0.29) is 11.5 Å². The highest BCUT2D eigenvalue weighted by Crippen LogP contribution is 2.36. The van der Waals surface area contributed by atoms with Crippen LogP contribution in [0, 0.1) is 6.92 Å². The number of benzene rings is 3. The molecule has 1 aliphatic heterocycles. The first-order chi connectivity index (χ1) is 16.5. The molecule has 0 saturated heterocycles. The van der Waals surface area contributed by atoms with Crippen LogP contribution in [-0.2, 0) is 0 Å². The zero-order valence-electron chi connectivity index (χ0n) is 18.5. The van der Waals surface area contributed by atoms with Crippen LogP contribution >= 0.6 is 15.9 Å². The average Bonchev–Trinajstić information content (AvgIpc) is 3.40. The highest BCUT2D eigenvalue weighted by molar-refractivity contribution is 9.10. The van der Waals surface area contributed by atoms with E-state index in [1.165, 1.54) is 0 Å². The van der Waals surface area contributed by atoms with E-state index in [1.54, 1.807) is 24.3 Å². The SMILES string of the molecule is C=CCOc1ccc(-c2nn(-c3ccccc3)cc2/C=C2\Oc3ccc(Br)cc3C2=O)c(C)c1. The van der Waals surface area contributed by atoms with Crippen molar-refractivity contribution < 1.29 is 14.3 Å². The molecule has 0 N–H and O–H groups in total. The lowest BCUT2D eigenvalue weighted by atomic mass is 10.0. The third-order valence-electron chi connectivity index (χ3n) is 5.50. The number of allylic oxidation sites excluding steroid dienone is 1. The Morgan fingerprint density at radius 2 is 1.91 bits per heavy atom. The Labute approximate surface area is 206 Å². The van der Waals surface area contributed by atoms with Crippen LogP contribution in [0.25, 0.3) is 23.0 Å². The van der Waals surface area contributed by atoms with E-state index in [1.807, 2.05) is 72.4 Å². The summed E-state index contributed by atoms with van der Waals surface area (Å²) in [5.41, 5.74) is 4.93. The van der Waals surface area contributed by atoms with Gasteiger partial charge in [-0.15, -0.1) is 0 Å². The van der Waals surface area contributed by atoms with Crippen molar-refractivity contribution in [2.24, 2.45) is 0 Å². The molecule has 34 heavy (non-hydrogen) atoms. The summed E-state index contributed by atoms with van der Waals surface area (Å²) in [5.74, 6) is 1.43. The fourth-order valence-electron chi connectivity index (χ4n) is 3.86. The average molecular weight is 513 g/mol. The fourth-order valence-corrected chi connectivity index (χ4v) is 4.23. The minimum absolute atomic E-state index is 0.153. The molecule has 6 heteroatoms. The van der Waals surface area contributed by atoms with Gasteiger partial charge in [0.15, 0.2) is 5.76 Å². The van der Waals surface area contributed by atoms with Gasteiger partial charge in [-0.25, -0.2) is 4.68 Å². The molecule has 3 aromatic carbocycles. The number of Topliss-reactive ketones (excluding diaryl/α,β-unsaturated/α-hetero) is 1. The van der Waals surface area contributed by atoms with E-state index in [2.05, 4.69) is 22.5 Å². The minimum Gasteiger partial charge on any atom is -0.490 e. The van der Waals surface area contributed by atoms with Crippen LogP contribution in [0.1, 0.15) is 21.5 Å². The summed E-state index contributed by atoms with van der Waals surface area (Å²) in [6.07, 6.45) is 5.39. The van der Waals surface area contributed by atoms with Crippen molar-refractivity contribution in [1.29, 1.82) is 0 Å². The van der Waals surface area contributed by atoms with Crippen molar-refractivity contribution in [3.8, 4) is 28.4 Å². The summed E-state index contributed by atoms with van der Waals surface area (Å²) >= 11 is 3.42. The van der Waals surface area contributed by atoms with Crippen LogP contribution in [0.4, 0.5) is 0 Å². The topological polar surface area (TPSA) is 53.4 Å². The number of carbonyl (C=O) groups is 1. The number of halogens is 1. The van der Waals surface area contributed by atoms with Gasteiger partial charge in [-0.1, -0.05) is 46.8 Å². The van der Waals surface area contributed by atoms with Crippen molar-refractivity contribution in [2.75, 3.05) is 6.61 Å². The van der Waals surface area contributed by atoms with Crippen molar-refractivity contribution in [3.05, 3.63) is 113 Å². The molecule has 0 fully saturated rings. The third-order valence-corrected chi connectivity index (χ3v) is 5.99. The molecule has 0 radical (unpaired) electrons. The molecule has 5 rings (SSSR count). The highest BCUT2D eigenvalue weighted by Gasteiger charge is 2.28. The summed E-state index contributed by atoms with van der Waals surface area (Å²) < 4.78 is 14.2. The standard InChI is InChI=1S/C28H21BrN2O3/c1-3-13-33-22-10-11-23(18(2)14-22)27-19(17-31(30-27)21-7-5-4-6-8-21)15-26-28(32)24-16-20(29)9-12-25(24)34-26/h3-12,14-17H,1,13H2,2H3/b26-15-. The molecule has 1 aromatic heterocycles. The number of nitrogens with zero attached hydrogens (tertiary/aromatic N) is 2. The smallest absolute Gasteiger partial charge is 0.232 e. The van der Waals surface area contributed by atoms with Crippen LogP contribution in [0.2, 0.25) is 0 Å². The van der Waals surface area contributed by atoms with Gasteiger partial charge in [0.2, 0.25) is 5.78 Å². The molecule has 1 aliphatic rings. The van der Waals surface area contributed by atoms with Crippen molar-refractivity contribution >= 4 is 27.8 Å². The summed E-state index contributed by atoms with van der Waals surface area (Å²) in [5, 5.41) is 4.87. The first kappa shape index (κ1) is 21.9. The summed E-state index contributed by atoms with van der Waals surface area (Å²) in [4.78, 5) is 13.0. The number of hydrogen-bond donors (Lipinski definition) is 0. The monoisotopic (exact) mass is 512 g/mol. The maximum absolute atomic E-state index is 13.0. The lowest BCUT2D eigenvalue weighted by Gasteiger charge is -2.09. The molecule has 4 aromatic rings. The molecule has 0 amide bonds. The second kappa shape index (κ2) is 9.15. The largest absolute Gasteiger partial charge is 0.490 e. The Morgan fingerprint density at radius 1 is 1.09 bits per heavy atom. The van der Waals surface area contributed by atoms with Crippen LogP contribution in [-0.4, -0.2) is 22.2 Å². The molecule has 0 bridgehead atoms. The molecular formula is C28H21BrN2O3. The fraction of sp³-hybridized carbons (Fsp3) is 0.0714. The number of aromatic nitrogens is 2. The first-order valence-corrected chi connectivity index (χ1v) is 11.6. The number of carbonyl (C=O) groups excluding carboxylic acids is 1. The lowest BCUT2D eigenvalue weighted by Crippen LogP contribution is -1.98. The van der Waals surface area contributed by atoms with E-state index < -0.39 is 0 Å². The Bertz CT molecular complexity index is 1440. The number of fused-ring (bicyclic) bond motifs is 1. The quantitative estimate of drug-likeness (QED) is 0.210. The molecule has 0 spiro atoms. The van der Waals surface area contributed by atoms with Crippen molar-refractivity contribution in [2.45, 2.75) is 6.92 Å². The molecule has 5 nitrogen and oxygen atoms in total. The molecule has 0 atom stereocenters. The van der Waals surface area contributed by atoms with Gasteiger partial charge >= 0.3 is 0 Å². The van der Waals surface area contributed by atoms with E-state index in [0.29, 0.717) is 17.9 Å². The van der Waals surface area contributed by atoms with Gasteiger partial charge in [0, 0.05) is 21.8 Å². The maximum atomic E-state index is 13.0. The number of hydrogen-bond acceptors (Lipinski definition) is 4. The normalized spacial score (nSPS) is 13.6. The van der Waals surface area contributed by atoms with Gasteiger partial charge < -0.3 is 9.47 Å².